The molecule has 4 nitrogen and oxygen atoms in total. The molecule has 0 saturated carbocycles. The molecule has 0 fully saturated rings. The average Bonchev–Trinajstić information content (AvgIpc) is 2.38. The van der Waals surface area contributed by atoms with Crippen LogP contribution in [-0.2, 0) is 9.59 Å². The fourth-order valence-corrected chi connectivity index (χ4v) is 2.84. The van der Waals surface area contributed by atoms with E-state index < -0.39 is 17.9 Å². The Balaban J connectivity index is 0. The molecule has 2 N–H and O–H groups in total. The summed E-state index contributed by atoms with van der Waals surface area (Å²) in [6.07, 6.45) is 9.67. The number of carbonyl (C=O) groups is 2. The fourth-order valence-electron chi connectivity index (χ4n) is 2.84. The van der Waals surface area contributed by atoms with E-state index in [0.717, 1.165) is 19.3 Å². The van der Waals surface area contributed by atoms with Gasteiger partial charge in [0.15, 0.2) is 5.92 Å². The van der Waals surface area contributed by atoms with E-state index in [9.17, 15) is 9.59 Å². The molecule has 1 unspecified atom stereocenters. The molecule has 0 radical (unpaired) electrons. The van der Waals surface area contributed by atoms with Crippen LogP contribution in [0.25, 0.3) is 0 Å². The van der Waals surface area contributed by atoms with Gasteiger partial charge >= 0.3 is 49.7 Å². The molecule has 1 atom stereocenters. The van der Waals surface area contributed by atoms with Crippen molar-refractivity contribution in [3.05, 3.63) is 0 Å². The zero-order valence-corrected chi connectivity index (χ0v) is 14.7. The third-order valence-corrected chi connectivity index (χ3v) is 4.50. The van der Waals surface area contributed by atoms with E-state index in [1.54, 1.807) is 0 Å². The van der Waals surface area contributed by atoms with Crippen molar-refractivity contribution in [2.75, 3.05) is 0 Å². The summed E-state index contributed by atoms with van der Waals surface area (Å²) in [6.45, 7) is 8.41. The summed E-state index contributed by atoms with van der Waals surface area (Å²) >= 11 is 0. The van der Waals surface area contributed by atoms with Crippen molar-refractivity contribution in [2.24, 2.45) is 17.3 Å². The molecular weight excluding hydrogens is 320 g/mol. The van der Waals surface area contributed by atoms with Crippen molar-refractivity contribution in [1.82, 2.24) is 0 Å². The first-order chi connectivity index (χ1) is 10.2. The van der Waals surface area contributed by atoms with Crippen LogP contribution < -0.4 is 0 Å². The molecule has 5 heteroatoms. The van der Waals surface area contributed by atoms with Gasteiger partial charge in [0.1, 0.15) is 0 Å². The van der Waals surface area contributed by atoms with E-state index in [1.165, 1.54) is 32.1 Å². The molecule has 0 aromatic rings. The first kappa shape index (κ1) is 25.4. The second kappa shape index (κ2) is 13.5. The monoisotopic (exact) mass is 356 g/mol. The summed E-state index contributed by atoms with van der Waals surface area (Å²) < 4.78 is 0. The molecule has 0 aliphatic heterocycles. The van der Waals surface area contributed by atoms with Crippen molar-refractivity contribution in [3.8, 4) is 0 Å². The van der Waals surface area contributed by atoms with Gasteiger partial charge < -0.3 is 10.2 Å². The van der Waals surface area contributed by atoms with E-state index in [2.05, 4.69) is 27.7 Å². The summed E-state index contributed by atoms with van der Waals surface area (Å²) in [4.78, 5) is 22.2. The Bertz CT molecular complexity index is 322. The van der Waals surface area contributed by atoms with Crippen molar-refractivity contribution < 1.29 is 19.8 Å². The Morgan fingerprint density at radius 2 is 1.30 bits per heavy atom. The van der Waals surface area contributed by atoms with Crippen molar-refractivity contribution in [2.45, 2.75) is 85.5 Å². The SMILES string of the molecule is CCCCCCCCCC(CC(C(=O)O)C(=O)O)C(C)(C)C.[CaH2]. The van der Waals surface area contributed by atoms with E-state index in [1.807, 2.05) is 0 Å². The van der Waals surface area contributed by atoms with Gasteiger partial charge in [-0.25, -0.2) is 0 Å². The topological polar surface area (TPSA) is 74.6 Å². The third-order valence-electron chi connectivity index (χ3n) is 4.50. The molecule has 0 amide bonds. The maximum absolute atomic E-state index is 11.1. The second-order valence-corrected chi connectivity index (χ2v) is 7.44. The van der Waals surface area contributed by atoms with Crippen molar-refractivity contribution in [1.29, 1.82) is 0 Å². The van der Waals surface area contributed by atoms with Gasteiger partial charge in [-0.3, -0.25) is 9.59 Å². The summed E-state index contributed by atoms with van der Waals surface area (Å²) in [6, 6.07) is 0. The number of carboxylic acids is 2. The molecule has 0 aromatic heterocycles. The molecule has 0 aliphatic carbocycles. The van der Waals surface area contributed by atoms with Gasteiger partial charge in [-0.1, -0.05) is 72.6 Å². The van der Waals surface area contributed by atoms with Gasteiger partial charge in [0, 0.05) is 0 Å². The Morgan fingerprint density at radius 1 is 0.870 bits per heavy atom. The summed E-state index contributed by atoms with van der Waals surface area (Å²) in [5.74, 6) is -3.60. The van der Waals surface area contributed by atoms with E-state index >= 15 is 0 Å². The number of rotatable bonds is 12. The predicted octanol–water partition coefficient (Wildman–Crippen LogP) is 4.05. The molecule has 0 rings (SSSR count). The van der Waals surface area contributed by atoms with Crippen molar-refractivity contribution in [3.63, 3.8) is 0 Å². The molecule has 0 aliphatic rings. The quantitative estimate of drug-likeness (QED) is 0.314. The van der Waals surface area contributed by atoms with Gasteiger partial charge in [-0.2, -0.15) is 0 Å². The second-order valence-electron chi connectivity index (χ2n) is 7.44. The standard InChI is InChI=1S/C18H34O4.Ca.2H/c1-5-6-7-8-9-10-11-12-14(18(2,3)4)13-15(16(19)20)17(21)22;;;/h14-15H,5-13H2,1-4H3,(H,19,20)(H,21,22);;;. The molecule has 134 valence electrons. The summed E-state index contributed by atoms with van der Waals surface area (Å²) in [7, 11) is 0. The molecule has 0 heterocycles. The zero-order chi connectivity index (χ0) is 17.2. The van der Waals surface area contributed by atoms with E-state index in [0.29, 0.717) is 0 Å². The van der Waals surface area contributed by atoms with Crippen LogP contribution in [0.15, 0.2) is 0 Å². The van der Waals surface area contributed by atoms with E-state index in [-0.39, 0.29) is 55.5 Å². The van der Waals surface area contributed by atoms with Crippen LogP contribution in [0.4, 0.5) is 0 Å². The van der Waals surface area contributed by atoms with Crippen LogP contribution in [0, 0.1) is 17.3 Å². The Hall–Kier alpha value is 0.200. The third kappa shape index (κ3) is 12.2. The first-order valence-electron chi connectivity index (χ1n) is 8.65. The minimum absolute atomic E-state index is 0. The van der Waals surface area contributed by atoms with Crippen LogP contribution in [0.5, 0.6) is 0 Å². The van der Waals surface area contributed by atoms with Crippen LogP contribution in [0.1, 0.15) is 85.5 Å². The number of aliphatic carboxylic acids is 2. The van der Waals surface area contributed by atoms with Crippen LogP contribution in [0.2, 0.25) is 0 Å². The number of hydrogen-bond donors (Lipinski definition) is 2. The van der Waals surface area contributed by atoms with Gasteiger partial charge in [0.25, 0.3) is 0 Å². The average molecular weight is 357 g/mol. The van der Waals surface area contributed by atoms with Crippen molar-refractivity contribution >= 4 is 49.7 Å². The molecule has 23 heavy (non-hydrogen) atoms. The van der Waals surface area contributed by atoms with Gasteiger partial charge in [-0.15, -0.1) is 0 Å². The Kier molecular flexibility index (Phi) is 14.9. The molecule has 0 aromatic carbocycles. The van der Waals surface area contributed by atoms with Gasteiger partial charge in [0.2, 0.25) is 0 Å². The van der Waals surface area contributed by atoms with E-state index in [4.69, 9.17) is 10.2 Å². The predicted molar refractivity (Wildman–Crippen MR) is 97.5 cm³/mol. The maximum atomic E-state index is 11.1. The Labute approximate surface area is 171 Å². The first-order valence-corrected chi connectivity index (χ1v) is 8.65. The molecule has 0 spiro atoms. The van der Waals surface area contributed by atoms with Crippen LogP contribution in [-0.4, -0.2) is 59.9 Å². The van der Waals surface area contributed by atoms with Gasteiger partial charge in [0.05, 0.1) is 0 Å². The normalized spacial score (nSPS) is 12.7. The molecule has 0 bridgehead atoms. The fraction of sp³-hybridized carbons (Fsp3) is 0.889. The Morgan fingerprint density at radius 3 is 1.70 bits per heavy atom. The number of unbranched alkanes of at least 4 members (excludes halogenated alkanes) is 6. The minimum atomic E-state index is -1.28. The number of hydrogen-bond acceptors (Lipinski definition) is 2. The van der Waals surface area contributed by atoms with Crippen LogP contribution in [0.3, 0.4) is 0 Å². The summed E-state index contributed by atoms with van der Waals surface area (Å²) in [5.41, 5.74) is -0.0641. The number of carboxylic acid groups (broad SMARTS) is 2. The summed E-state index contributed by atoms with van der Waals surface area (Å²) in [5, 5.41) is 18.1. The zero-order valence-electron chi connectivity index (χ0n) is 14.7. The molecular formula is C18H36CaO4. The van der Waals surface area contributed by atoms with Gasteiger partial charge in [-0.05, 0) is 24.2 Å². The molecule has 0 saturated heterocycles. The van der Waals surface area contributed by atoms with Crippen LogP contribution >= 0.6 is 0 Å².